The van der Waals surface area contributed by atoms with Gasteiger partial charge in [-0.3, -0.25) is 4.79 Å². The maximum atomic E-state index is 13.1. The molecule has 0 saturated carbocycles. The lowest BCUT2D eigenvalue weighted by Crippen LogP contribution is -2.32. The molecule has 0 aromatic heterocycles. The summed E-state index contributed by atoms with van der Waals surface area (Å²) < 4.78 is 58.9. The van der Waals surface area contributed by atoms with Gasteiger partial charge in [0.15, 0.2) is 0 Å². The van der Waals surface area contributed by atoms with Crippen LogP contribution in [0.2, 0.25) is 0 Å². The van der Waals surface area contributed by atoms with Crippen LogP contribution in [-0.2, 0) is 20.0 Å². The smallest absolute Gasteiger partial charge is 0.255 e. The minimum atomic E-state index is -3.72. The quantitative estimate of drug-likeness (QED) is 0.632. The van der Waals surface area contributed by atoms with E-state index in [1.807, 2.05) is 0 Å². The number of sulfonamides is 2. The highest BCUT2D eigenvalue weighted by Gasteiger charge is 2.26. The van der Waals surface area contributed by atoms with E-state index in [1.165, 1.54) is 68.0 Å². The number of ether oxygens (including phenoxy) is 1. The average Bonchev–Trinajstić information content (AvgIpc) is 3.09. The monoisotopic (exact) mass is 495 g/mol. The van der Waals surface area contributed by atoms with Gasteiger partial charge in [-0.1, -0.05) is 18.9 Å². The van der Waals surface area contributed by atoms with Crippen LogP contribution in [-0.4, -0.2) is 65.6 Å². The number of carbonyl (C=O) groups is 1. The number of benzene rings is 2. The van der Waals surface area contributed by atoms with Crippen LogP contribution in [0.15, 0.2) is 52.3 Å². The molecule has 1 saturated heterocycles. The van der Waals surface area contributed by atoms with Gasteiger partial charge in [0.05, 0.1) is 22.6 Å². The fraction of sp³-hybridized carbons (Fsp3) is 0.409. The van der Waals surface area contributed by atoms with E-state index in [1.54, 1.807) is 0 Å². The lowest BCUT2D eigenvalue weighted by molar-refractivity contribution is 0.102. The van der Waals surface area contributed by atoms with Crippen LogP contribution in [0.25, 0.3) is 0 Å². The molecule has 2 aromatic rings. The third kappa shape index (κ3) is 5.55. The molecule has 3 rings (SSSR count). The fourth-order valence-corrected chi connectivity index (χ4v) is 6.07. The average molecular weight is 496 g/mol. The minimum Gasteiger partial charge on any atom is -0.495 e. The predicted octanol–water partition coefficient (Wildman–Crippen LogP) is 2.76. The third-order valence-electron chi connectivity index (χ3n) is 5.50. The Morgan fingerprint density at radius 2 is 1.61 bits per heavy atom. The largest absolute Gasteiger partial charge is 0.495 e. The third-order valence-corrected chi connectivity index (χ3v) is 9.20. The van der Waals surface area contributed by atoms with Gasteiger partial charge >= 0.3 is 0 Å². The van der Waals surface area contributed by atoms with Crippen molar-refractivity contribution < 1.29 is 26.4 Å². The van der Waals surface area contributed by atoms with Gasteiger partial charge in [-0.05, 0) is 49.2 Å². The van der Waals surface area contributed by atoms with Gasteiger partial charge in [-0.15, -0.1) is 0 Å². The second kappa shape index (κ2) is 10.2. The van der Waals surface area contributed by atoms with Gasteiger partial charge in [0, 0.05) is 32.7 Å². The number of amides is 1. The first-order chi connectivity index (χ1) is 15.6. The van der Waals surface area contributed by atoms with Crippen molar-refractivity contribution in [3.63, 3.8) is 0 Å². The Bertz CT molecular complexity index is 1220. The molecule has 1 amide bonds. The highest BCUT2D eigenvalue weighted by atomic mass is 32.2. The molecule has 0 bridgehead atoms. The molecule has 180 valence electrons. The number of methoxy groups -OCH3 is 1. The van der Waals surface area contributed by atoms with E-state index in [0.29, 0.717) is 13.1 Å². The van der Waals surface area contributed by atoms with E-state index < -0.39 is 26.0 Å². The van der Waals surface area contributed by atoms with E-state index in [4.69, 9.17) is 4.74 Å². The standard InChI is InChI=1S/C22H29N3O6S2/c1-24(2)32(27,28)19-11-12-21(31-3)20(16-19)23-22(26)17-9-8-10-18(15-17)33(29,30)25-13-6-4-5-7-14-25/h8-12,15-16H,4-7,13-14H2,1-3H3,(H,23,26). The fourth-order valence-electron chi connectivity index (χ4n) is 3.58. The summed E-state index contributed by atoms with van der Waals surface area (Å²) in [5, 5.41) is 2.64. The Morgan fingerprint density at radius 1 is 0.939 bits per heavy atom. The van der Waals surface area contributed by atoms with E-state index >= 15 is 0 Å². The van der Waals surface area contributed by atoms with Gasteiger partial charge in [0.25, 0.3) is 5.91 Å². The first kappa shape index (κ1) is 25.2. The zero-order valence-corrected chi connectivity index (χ0v) is 20.6. The molecule has 2 aromatic carbocycles. The van der Waals surface area contributed by atoms with E-state index in [2.05, 4.69) is 5.32 Å². The Morgan fingerprint density at radius 3 is 2.21 bits per heavy atom. The summed E-state index contributed by atoms with van der Waals surface area (Å²) in [4.78, 5) is 13.0. The molecule has 0 aliphatic carbocycles. The van der Waals surface area contributed by atoms with Crippen molar-refractivity contribution in [3.05, 3.63) is 48.0 Å². The summed E-state index contributed by atoms with van der Waals surface area (Å²) in [5.74, 6) is -0.310. The zero-order valence-electron chi connectivity index (χ0n) is 18.9. The van der Waals surface area contributed by atoms with Gasteiger partial charge in [-0.2, -0.15) is 4.31 Å². The second-order valence-corrected chi connectivity index (χ2v) is 12.0. The van der Waals surface area contributed by atoms with E-state index in [0.717, 1.165) is 30.0 Å². The van der Waals surface area contributed by atoms with Crippen molar-refractivity contribution >= 4 is 31.6 Å². The molecule has 11 heteroatoms. The van der Waals surface area contributed by atoms with Crippen LogP contribution in [0.4, 0.5) is 5.69 Å². The Hall–Kier alpha value is -2.47. The van der Waals surface area contributed by atoms with E-state index in [-0.39, 0.29) is 26.8 Å². The number of rotatable bonds is 7. The predicted molar refractivity (Wildman–Crippen MR) is 125 cm³/mol. The Labute approximate surface area is 195 Å². The Kier molecular flexibility index (Phi) is 7.78. The number of nitrogens with one attached hydrogen (secondary N) is 1. The minimum absolute atomic E-state index is 0.0129. The van der Waals surface area contributed by atoms with Gasteiger partial charge < -0.3 is 10.1 Å². The summed E-state index contributed by atoms with van der Waals surface area (Å²) >= 11 is 0. The SMILES string of the molecule is COc1ccc(S(=O)(=O)N(C)C)cc1NC(=O)c1cccc(S(=O)(=O)N2CCCCCC2)c1. The van der Waals surface area contributed by atoms with Crippen molar-refractivity contribution in [3.8, 4) is 5.75 Å². The summed E-state index contributed by atoms with van der Waals surface area (Å²) in [6.45, 7) is 0.923. The van der Waals surface area contributed by atoms with Gasteiger partial charge in [0.2, 0.25) is 20.0 Å². The van der Waals surface area contributed by atoms with Crippen LogP contribution in [0.5, 0.6) is 5.75 Å². The van der Waals surface area contributed by atoms with Crippen LogP contribution in [0.1, 0.15) is 36.0 Å². The summed E-state index contributed by atoms with van der Waals surface area (Å²) in [5.41, 5.74) is 0.292. The highest BCUT2D eigenvalue weighted by molar-refractivity contribution is 7.89. The summed E-state index contributed by atoms with van der Waals surface area (Å²) in [6, 6.07) is 9.98. The number of hydrogen-bond donors (Lipinski definition) is 1. The lowest BCUT2D eigenvalue weighted by Gasteiger charge is -2.20. The second-order valence-electron chi connectivity index (χ2n) is 7.95. The molecule has 1 fully saturated rings. The van der Waals surface area contributed by atoms with Crippen LogP contribution in [0, 0.1) is 0 Å². The number of anilines is 1. The molecule has 0 radical (unpaired) electrons. The topological polar surface area (TPSA) is 113 Å². The molecule has 0 atom stereocenters. The van der Waals surface area contributed by atoms with Crippen LogP contribution >= 0.6 is 0 Å². The summed E-state index contributed by atoms with van der Waals surface area (Å²) in [6.07, 6.45) is 3.62. The van der Waals surface area contributed by atoms with Crippen LogP contribution < -0.4 is 10.1 Å². The normalized spacial score (nSPS) is 15.8. The van der Waals surface area contributed by atoms with Gasteiger partial charge in [0.1, 0.15) is 5.75 Å². The lowest BCUT2D eigenvalue weighted by atomic mass is 10.2. The molecule has 0 spiro atoms. The maximum absolute atomic E-state index is 13.1. The van der Waals surface area contributed by atoms with E-state index in [9.17, 15) is 21.6 Å². The van der Waals surface area contributed by atoms with Gasteiger partial charge in [-0.25, -0.2) is 21.1 Å². The molecule has 1 heterocycles. The van der Waals surface area contributed by atoms with Crippen molar-refractivity contribution in [2.24, 2.45) is 0 Å². The van der Waals surface area contributed by atoms with Crippen molar-refractivity contribution in [1.82, 2.24) is 8.61 Å². The van der Waals surface area contributed by atoms with Crippen LogP contribution in [0.3, 0.4) is 0 Å². The van der Waals surface area contributed by atoms with Crippen molar-refractivity contribution in [1.29, 1.82) is 0 Å². The number of hydrogen-bond acceptors (Lipinski definition) is 6. The molecule has 9 nitrogen and oxygen atoms in total. The molecular formula is C22H29N3O6S2. The molecule has 33 heavy (non-hydrogen) atoms. The zero-order chi connectivity index (χ0) is 24.2. The first-order valence-electron chi connectivity index (χ1n) is 10.6. The van der Waals surface area contributed by atoms with Crippen molar-refractivity contribution in [2.45, 2.75) is 35.5 Å². The first-order valence-corrected chi connectivity index (χ1v) is 13.5. The molecule has 1 aliphatic rings. The molecule has 0 unspecified atom stereocenters. The molecular weight excluding hydrogens is 466 g/mol. The molecule has 1 N–H and O–H groups in total. The summed E-state index contributed by atoms with van der Waals surface area (Å²) in [7, 11) is -3.22. The van der Waals surface area contributed by atoms with Crippen molar-refractivity contribution in [2.75, 3.05) is 39.6 Å². The highest BCUT2D eigenvalue weighted by Crippen LogP contribution is 2.29. The Balaban J connectivity index is 1.90. The maximum Gasteiger partial charge on any atom is 0.255 e. The molecule has 1 aliphatic heterocycles. The number of nitrogens with zero attached hydrogens (tertiary/aromatic N) is 2. The number of carbonyl (C=O) groups excluding carboxylic acids is 1.